The zero-order valence-corrected chi connectivity index (χ0v) is 12.0. The Bertz CT molecular complexity index is 313. The van der Waals surface area contributed by atoms with Crippen LogP contribution in [0.1, 0.15) is 33.1 Å². The highest BCUT2D eigenvalue weighted by atomic mass is 32.2. The highest BCUT2D eigenvalue weighted by Crippen LogP contribution is 2.34. The fourth-order valence-electron chi connectivity index (χ4n) is 2.29. The van der Waals surface area contributed by atoms with Gasteiger partial charge in [0.25, 0.3) is 0 Å². The molecule has 102 valence electrons. The molecule has 4 nitrogen and oxygen atoms in total. The number of hydrogen-bond donors (Lipinski definition) is 1. The smallest absolute Gasteiger partial charge is 0.152 e. The van der Waals surface area contributed by atoms with Crippen molar-refractivity contribution in [1.29, 1.82) is 0 Å². The van der Waals surface area contributed by atoms with Crippen molar-refractivity contribution in [1.82, 2.24) is 5.32 Å². The van der Waals surface area contributed by atoms with Crippen LogP contribution in [0.25, 0.3) is 0 Å². The van der Waals surface area contributed by atoms with Gasteiger partial charge in [0.15, 0.2) is 9.84 Å². The molecule has 0 aromatic rings. The van der Waals surface area contributed by atoms with Gasteiger partial charge in [-0.1, -0.05) is 0 Å². The van der Waals surface area contributed by atoms with Crippen LogP contribution in [0.4, 0.5) is 0 Å². The Labute approximate surface area is 105 Å². The van der Waals surface area contributed by atoms with Crippen LogP contribution in [-0.2, 0) is 14.6 Å². The first-order chi connectivity index (χ1) is 7.92. The van der Waals surface area contributed by atoms with Crippen molar-refractivity contribution in [3.8, 4) is 0 Å². The summed E-state index contributed by atoms with van der Waals surface area (Å²) in [6, 6.07) is 0. The monoisotopic (exact) mass is 263 g/mol. The fourth-order valence-corrected chi connectivity index (χ4v) is 3.48. The lowest BCUT2D eigenvalue weighted by molar-refractivity contribution is 0.0141. The van der Waals surface area contributed by atoms with Gasteiger partial charge >= 0.3 is 0 Å². The molecule has 1 rings (SSSR count). The van der Waals surface area contributed by atoms with Crippen molar-refractivity contribution in [2.45, 2.75) is 38.4 Å². The first-order valence-electron chi connectivity index (χ1n) is 6.36. The molecule has 0 aliphatic carbocycles. The van der Waals surface area contributed by atoms with Crippen molar-refractivity contribution in [3.63, 3.8) is 0 Å². The molecule has 17 heavy (non-hydrogen) atoms. The third-order valence-electron chi connectivity index (χ3n) is 3.74. The Hall–Kier alpha value is -0.130. The van der Waals surface area contributed by atoms with Gasteiger partial charge in [0.1, 0.15) is 0 Å². The van der Waals surface area contributed by atoms with E-state index in [-0.39, 0.29) is 10.7 Å². The van der Waals surface area contributed by atoms with Crippen molar-refractivity contribution in [2.75, 3.05) is 32.6 Å². The molecule has 0 amide bonds. The van der Waals surface area contributed by atoms with Crippen molar-refractivity contribution in [2.24, 2.45) is 5.41 Å². The average Bonchev–Trinajstić information content (AvgIpc) is 2.28. The predicted molar refractivity (Wildman–Crippen MR) is 70.0 cm³/mol. The van der Waals surface area contributed by atoms with Crippen molar-refractivity contribution >= 4 is 9.84 Å². The molecule has 0 atom stereocenters. The summed E-state index contributed by atoms with van der Waals surface area (Å²) in [6.45, 7) is 5.89. The van der Waals surface area contributed by atoms with E-state index in [0.717, 1.165) is 39.0 Å². The minimum atomic E-state index is -2.92. The van der Waals surface area contributed by atoms with Crippen LogP contribution in [0, 0.1) is 5.41 Å². The Morgan fingerprint density at radius 1 is 1.29 bits per heavy atom. The maximum atomic E-state index is 11.9. The summed E-state index contributed by atoms with van der Waals surface area (Å²) in [4.78, 5) is 0. The third-order valence-corrected chi connectivity index (χ3v) is 5.95. The van der Waals surface area contributed by atoms with Gasteiger partial charge in [0.05, 0.1) is 11.0 Å². The van der Waals surface area contributed by atoms with Gasteiger partial charge in [-0.3, -0.25) is 0 Å². The number of rotatable bonds is 6. The lowest BCUT2D eigenvalue weighted by Crippen LogP contribution is -2.39. The molecular formula is C12H25NO3S. The average molecular weight is 263 g/mol. The summed E-state index contributed by atoms with van der Waals surface area (Å²) in [7, 11) is -0.998. The lowest BCUT2D eigenvalue weighted by atomic mass is 9.78. The molecule has 0 spiro atoms. The molecule has 0 radical (unpaired) electrons. The van der Waals surface area contributed by atoms with E-state index in [1.165, 1.54) is 0 Å². The summed E-state index contributed by atoms with van der Waals surface area (Å²) in [5.74, 6) is 0.298. The Morgan fingerprint density at radius 3 is 2.35 bits per heavy atom. The summed E-state index contributed by atoms with van der Waals surface area (Å²) in [5, 5.41) is 2.92. The van der Waals surface area contributed by atoms with E-state index in [4.69, 9.17) is 4.74 Å². The zero-order chi connectivity index (χ0) is 12.9. The summed E-state index contributed by atoms with van der Waals surface area (Å²) in [6.07, 6.45) is 2.67. The molecule has 1 aliphatic rings. The molecular weight excluding hydrogens is 238 g/mol. The van der Waals surface area contributed by atoms with Crippen LogP contribution in [0.2, 0.25) is 0 Å². The molecule has 0 unspecified atom stereocenters. The minimum Gasteiger partial charge on any atom is -0.381 e. The second kappa shape index (κ2) is 6.16. The predicted octanol–water partition coefficient (Wildman–Crippen LogP) is 1.22. The molecule has 5 heteroatoms. The molecule has 1 saturated heterocycles. The molecule has 0 saturated carbocycles. The highest BCUT2D eigenvalue weighted by Gasteiger charge is 2.33. The highest BCUT2D eigenvalue weighted by molar-refractivity contribution is 7.91. The number of hydrogen-bond acceptors (Lipinski definition) is 4. The lowest BCUT2D eigenvalue weighted by Gasteiger charge is -2.37. The molecule has 0 aromatic heterocycles. The summed E-state index contributed by atoms with van der Waals surface area (Å²) < 4.78 is 29.1. The standard InChI is InChI=1S/C12H25NO3S/c1-11(2)17(14,15)9-6-12(10-13-3)4-7-16-8-5-12/h11,13H,4-10H2,1-3H3. The van der Waals surface area contributed by atoms with Gasteiger partial charge in [-0.05, 0) is 45.6 Å². The second-order valence-corrected chi connectivity index (χ2v) is 7.99. The largest absolute Gasteiger partial charge is 0.381 e. The number of nitrogens with one attached hydrogen (secondary N) is 1. The molecule has 1 aliphatic heterocycles. The normalized spacial score (nSPS) is 20.7. The zero-order valence-electron chi connectivity index (χ0n) is 11.2. The van der Waals surface area contributed by atoms with Crippen LogP contribution in [-0.4, -0.2) is 46.2 Å². The van der Waals surface area contributed by atoms with Gasteiger partial charge < -0.3 is 10.1 Å². The van der Waals surface area contributed by atoms with E-state index in [1.807, 2.05) is 7.05 Å². The maximum absolute atomic E-state index is 11.9. The second-order valence-electron chi connectivity index (χ2n) is 5.31. The van der Waals surface area contributed by atoms with Gasteiger partial charge in [0, 0.05) is 19.8 Å². The van der Waals surface area contributed by atoms with E-state index < -0.39 is 9.84 Å². The third kappa shape index (κ3) is 4.23. The first-order valence-corrected chi connectivity index (χ1v) is 8.07. The minimum absolute atomic E-state index is 0.106. The summed E-state index contributed by atoms with van der Waals surface area (Å²) in [5.41, 5.74) is 0.106. The van der Waals surface area contributed by atoms with E-state index in [9.17, 15) is 8.42 Å². The fraction of sp³-hybridized carbons (Fsp3) is 1.00. The molecule has 0 bridgehead atoms. The van der Waals surface area contributed by atoms with Gasteiger partial charge in [0.2, 0.25) is 0 Å². The van der Waals surface area contributed by atoms with Crippen LogP contribution >= 0.6 is 0 Å². The van der Waals surface area contributed by atoms with Crippen LogP contribution < -0.4 is 5.32 Å². The maximum Gasteiger partial charge on any atom is 0.152 e. The Kier molecular flexibility index (Phi) is 5.41. The molecule has 1 fully saturated rings. The van der Waals surface area contributed by atoms with E-state index >= 15 is 0 Å². The SMILES string of the molecule is CNCC1(CCS(=O)(=O)C(C)C)CCOCC1. The topological polar surface area (TPSA) is 55.4 Å². The number of sulfone groups is 1. The van der Waals surface area contributed by atoms with Crippen LogP contribution in [0.15, 0.2) is 0 Å². The van der Waals surface area contributed by atoms with Crippen molar-refractivity contribution < 1.29 is 13.2 Å². The summed E-state index contributed by atoms with van der Waals surface area (Å²) >= 11 is 0. The molecule has 1 heterocycles. The Balaban J connectivity index is 2.61. The van der Waals surface area contributed by atoms with Crippen molar-refractivity contribution in [3.05, 3.63) is 0 Å². The first kappa shape index (κ1) is 14.9. The van der Waals surface area contributed by atoms with Crippen LogP contribution in [0.3, 0.4) is 0 Å². The van der Waals surface area contributed by atoms with Gasteiger partial charge in [-0.2, -0.15) is 0 Å². The van der Waals surface area contributed by atoms with Gasteiger partial charge in [-0.15, -0.1) is 0 Å². The van der Waals surface area contributed by atoms with E-state index in [2.05, 4.69) is 5.32 Å². The number of ether oxygens (including phenoxy) is 1. The Morgan fingerprint density at radius 2 is 1.88 bits per heavy atom. The van der Waals surface area contributed by atoms with Gasteiger partial charge in [-0.25, -0.2) is 8.42 Å². The van der Waals surface area contributed by atoms with E-state index in [0.29, 0.717) is 5.75 Å². The van der Waals surface area contributed by atoms with E-state index in [1.54, 1.807) is 13.8 Å². The van der Waals surface area contributed by atoms with Crippen LogP contribution in [0.5, 0.6) is 0 Å². The molecule has 0 aromatic carbocycles. The molecule has 1 N–H and O–H groups in total. The quantitative estimate of drug-likeness (QED) is 0.783.